The fourth-order valence-corrected chi connectivity index (χ4v) is 10.5. The Morgan fingerprint density at radius 2 is 1.62 bits per heavy atom. The van der Waals surface area contributed by atoms with Crippen LogP contribution in [0.4, 0.5) is 11.4 Å². The number of phenols is 1. The molecule has 0 unspecified atom stereocenters. The SMILES string of the molecule is Cc1cn2nc(-c3ncc4cc(N5CCNC6(CC6)C5)ccc4n3)cc(CCc3c(O)c(-c4nc(C5CCC5)c5cc(N6C[C@H](C)N[C@@H](C)C6)ccc5n4)cc4cn(C)nc34)c2n1. The summed E-state index contributed by atoms with van der Waals surface area (Å²) in [4.78, 5) is 30.2. The molecule has 2 saturated heterocycles. The van der Waals surface area contributed by atoms with Gasteiger partial charge in [-0.1, -0.05) is 6.42 Å². The lowest BCUT2D eigenvalue weighted by Crippen LogP contribution is -2.54. The summed E-state index contributed by atoms with van der Waals surface area (Å²) in [5, 5.41) is 32.6. The Bertz CT molecular complexity index is 3100. The van der Waals surface area contributed by atoms with Crippen molar-refractivity contribution in [3.05, 3.63) is 89.6 Å². The number of nitrogens with one attached hydrogen (secondary N) is 2. The average molecular weight is 840 g/mol. The number of hydrogen-bond donors (Lipinski definition) is 3. The van der Waals surface area contributed by atoms with Gasteiger partial charge in [-0.15, -0.1) is 0 Å². The van der Waals surface area contributed by atoms with Crippen LogP contribution in [0.2, 0.25) is 0 Å². The zero-order valence-electron chi connectivity index (χ0n) is 36.4. The van der Waals surface area contributed by atoms with E-state index in [1.165, 1.54) is 30.6 Å². The quantitative estimate of drug-likeness (QED) is 0.144. The molecule has 14 heteroatoms. The topological polar surface area (TPSA) is 150 Å². The van der Waals surface area contributed by atoms with Gasteiger partial charge in [0.05, 0.1) is 39.7 Å². The zero-order chi connectivity index (χ0) is 42.6. The van der Waals surface area contributed by atoms with E-state index in [2.05, 4.69) is 76.7 Å². The van der Waals surface area contributed by atoms with Crippen LogP contribution in [-0.2, 0) is 19.9 Å². The van der Waals surface area contributed by atoms with E-state index >= 15 is 0 Å². The molecule has 0 radical (unpaired) electrons. The summed E-state index contributed by atoms with van der Waals surface area (Å²) in [5.41, 5.74) is 11.0. The van der Waals surface area contributed by atoms with Crippen molar-refractivity contribution in [2.45, 2.75) is 89.3 Å². The molecule has 3 aromatic carbocycles. The first-order valence-electron chi connectivity index (χ1n) is 22.8. The van der Waals surface area contributed by atoms with Crippen LogP contribution in [0, 0.1) is 6.92 Å². The standard InChI is InChI=1S/C49H53N13O/c1-28-23-61(24-29(2)52-28)36-10-13-41-38(21-36)43(31-6-5-7-31)56-46(55-41)39-19-34-26-59(4)58-44(34)37(45(39)63)11-8-32-20-42(57-62-25-30(3)53-48(32)62)47-50-22-33-18-35(9-12-40(33)54-47)60-17-16-51-49(27-60)14-15-49/h9-10,12-13,18-22,25-26,28-29,31,51-52,63H,5-8,11,14-17,23-24,27H2,1-4H3/t28-,29-/m0/s1. The van der Waals surface area contributed by atoms with Crippen LogP contribution in [0.15, 0.2) is 67.1 Å². The van der Waals surface area contributed by atoms with Gasteiger partial charge in [0.15, 0.2) is 17.3 Å². The summed E-state index contributed by atoms with van der Waals surface area (Å²) < 4.78 is 3.65. The van der Waals surface area contributed by atoms with Gasteiger partial charge in [-0.05, 0) is 113 Å². The Morgan fingerprint density at radius 1 is 0.825 bits per heavy atom. The summed E-state index contributed by atoms with van der Waals surface area (Å²) in [6.45, 7) is 11.4. The fraction of sp³-hybridized carbons (Fsp3) is 0.408. The molecule has 14 nitrogen and oxygen atoms in total. The molecule has 2 aliphatic carbocycles. The van der Waals surface area contributed by atoms with Gasteiger partial charge < -0.3 is 25.5 Å². The Morgan fingerprint density at radius 3 is 2.41 bits per heavy atom. The second-order valence-corrected chi connectivity index (χ2v) is 18.9. The first kappa shape index (κ1) is 38.4. The monoisotopic (exact) mass is 839 g/mol. The number of phenolic OH excluding ortho intramolecular Hbond substituents is 1. The molecule has 0 bridgehead atoms. The number of aromatic hydroxyl groups is 1. The third-order valence-electron chi connectivity index (χ3n) is 14.0. The number of hydrogen-bond acceptors (Lipinski definition) is 12. The maximum Gasteiger partial charge on any atom is 0.180 e. The molecule has 3 N–H and O–H groups in total. The maximum absolute atomic E-state index is 12.3. The summed E-state index contributed by atoms with van der Waals surface area (Å²) in [5.74, 6) is 1.63. The largest absolute Gasteiger partial charge is 0.507 e. The minimum atomic E-state index is 0.163. The van der Waals surface area contributed by atoms with Gasteiger partial charge in [0.2, 0.25) is 0 Å². The summed E-state index contributed by atoms with van der Waals surface area (Å²) in [6.07, 6.45) is 12.8. The number of anilines is 2. The average Bonchev–Trinajstić information content (AvgIpc) is 3.70. The van der Waals surface area contributed by atoms with Crippen molar-refractivity contribution < 1.29 is 5.11 Å². The first-order chi connectivity index (χ1) is 30.6. The van der Waals surface area contributed by atoms with Crippen LogP contribution >= 0.6 is 0 Å². The smallest absolute Gasteiger partial charge is 0.180 e. The van der Waals surface area contributed by atoms with Crippen LogP contribution < -0.4 is 20.4 Å². The van der Waals surface area contributed by atoms with Gasteiger partial charge in [-0.25, -0.2) is 29.4 Å². The maximum atomic E-state index is 12.3. The van der Waals surface area contributed by atoms with Crippen molar-refractivity contribution in [3.8, 4) is 28.7 Å². The van der Waals surface area contributed by atoms with Gasteiger partial charge in [0, 0.05) is 109 Å². The van der Waals surface area contributed by atoms with Gasteiger partial charge in [-0.2, -0.15) is 10.2 Å². The molecular formula is C49H53N13O. The van der Waals surface area contributed by atoms with Gasteiger partial charge >= 0.3 is 0 Å². The fourth-order valence-electron chi connectivity index (χ4n) is 10.5. The van der Waals surface area contributed by atoms with Crippen molar-refractivity contribution in [2.24, 2.45) is 7.05 Å². The number of imidazole rings is 1. The molecule has 4 fully saturated rings. The highest BCUT2D eigenvalue weighted by Crippen LogP contribution is 2.43. The van der Waals surface area contributed by atoms with E-state index in [0.717, 1.165) is 106 Å². The summed E-state index contributed by atoms with van der Waals surface area (Å²) in [6, 6.07) is 18.0. The molecule has 2 saturated carbocycles. The molecular weight excluding hydrogens is 787 g/mol. The Balaban J connectivity index is 0.888. The van der Waals surface area contributed by atoms with E-state index in [0.29, 0.717) is 59.3 Å². The number of piperazine rings is 2. The molecule has 1 spiro atoms. The van der Waals surface area contributed by atoms with E-state index in [1.54, 1.807) is 0 Å². The summed E-state index contributed by atoms with van der Waals surface area (Å²) >= 11 is 0. The molecule has 4 aliphatic rings. The van der Waals surface area contributed by atoms with Crippen molar-refractivity contribution in [3.63, 3.8) is 0 Å². The normalized spacial score (nSPS) is 20.1. The molecule has 8 aromatic rings. The van der Waals surface area contributed by atoms with Crippen LogP contribution in [-0.4, -0.2) is 99.8 Å². The zero-order valence-corrected chi connectivity index (χ0v) is 36.4. The van der Waals surface area contributed by atoms with Crippen molar-refractivity contribution >= 4 is 49.7 Å². The second-order valence-electron chi connectivity index (χ2n) is 18.9. The second kappa shape index (κ2) is 14.7. The third kappa shape index (κ3) is 6.90. The predicted octanol–water partition coefficient (Wildman–Crippen LogP) is 7.03. The molecule has 5 aromatic heterocycles. The van der Waals surface area contributed by atoms with E-state index in [1.807, 2.05) is 47.8 Å². The molecule has 63 heavy (non-hydrogen) atoms. The Hall–Kier alpha value is -6.25. The number of rotatable bonds is 8. The summed E-state index contributed by atoms with van der Waals surface area (Å²) in [7, 11) is 1.92. The molecule has 320 valence electrons. The van der Waals surface area contributed by atoms with E-state index in [9.17, 15) is 5.11 Å². The van der Waals surface area contributed by atoms with E-state index < -0.39 is 0 Å². The van der Waals surface area contributed by atoms with E-state index in [-0.39, 0.29) is 5.75 Å². The van der Waals surface area contributed by atoms with Crippen molar-refractivity contribution in [1.82, 2.24) is 54.9 Å². The molecule has 7 heterocycles. The van der Waals surface area contributed by atoms with Gasteiger partial charge in [0.25, 0.3) is 0 Å². The molecule has 2 aliphatic heterocycles. The van der Waals surface area contributed by atoms with Crippen molar-refractivity contribution in [1.29, 1.82) is 0 Å². The van der Waals surface area contributed by atoms with Crippen LogP contribution in [0.5, 0.6) is 5.75 Å². The lowest BCUT2D eigenvalue weighted by molar-refractivity contribution is 0.407. The number of fused-ring (bicyclic) bond motifs is 4. The lowest BCUT2D eigenvalue weighted by atomic mass is 9.81. The minimum absolute atomic E-state index is 0.163. The highest BCUT2D eigenvalue weighted by Gasteiger charge is 2.45. The van der Waals surface area contributed by atoms with Crippen molar-refractivity contribution in [2.75, 3.05) is 42.5 Å². The van der Waals surface area contributed by atoms with Gasteiger partial charge in [-0.3, -0.25) is 4.68 Å². The van der Waals surface area contributed by atoms with Crippen LogP contribution in [0.1, 0.15) is 74.4 Å². The molecule has 2 atom stereocenters. The van der Waals surface area contributed by atoms with Crippen LogP contribution in [0.25, 0.3) is 61.3 Å². The lowest BCUT2D eigenvalue weighted by Gasteiger charge is -2.38. The van der Waals surface area contributed by atoms with E-state index in [4.69, 9.17) is 35.1 Å². The third-order valence-corrected chi connectivity index (χ3v) is 14.0. The number of benzene rings is 3. The molecule has 12 rings (SSSR count). The number of aryl methyl sites for hydroxylation is 4. The number of nitrogens with zero attached hydrogens (tertiary/aromatic N) is 11. The Labute approximate surface area is 365 Å². The van der Waals surface area contributed by atoms with Gasteiger partial charge in [0.1, 0.15) is 11.4 Å². The minimum Gasteiger partial charge on any atom is -0.507 e. The predicted molar refractivity (Wildman–Crippen MR) is 248 cm³/mol. The highest BCUT2D eigenvalue weighted by atomic mass is 16.3. The van der Waals surface area contributed by atoms with Crippen LogP contribution in [0.3, 0.4) is 0 Å². The number of aromatic nitrogens is 9. The molecule has 0 amide bonds. The Kier molecular flexibility index (Phi) is 8.94. The highest BCUT2D eigenvalue weighted by molar-refractivity contribution is 5.92. The first-order valence-corrected chi connectivity index (χ1v) is 22.8.